The van der Waals surface area contributed by atoms with Crippen LogP contribution in [0.15, 0.2) is 53.7 Å². The summed E-state index contributed by atoms with van der Waals surface area (Å²) in [5.74, 6) is -0.0383. The lowest BCUT2D eigenvalue weighted by Gasteiger charge is -2.13. The average molecular weight is 337 g/mol. The van der Waals surface area contributed by atoms with Crippen LogP contribution in [0.2, 0.25) is 0 Å². The van der Waals surface area contributed by atoms with E-state index in [9.17, 15) is 4.79 Å². The number of para-hydroxylation sites is 2. The third-order valence-corrected chi connectivity index (χ3v) is 4.75. The summed E-state index contributed by atoms with van der Waals surface area (Å²) in [5, 5.41) is 3.48. The van der Waals surface area contributed by atoms with Gasteiger partial charge in [-0.2, -0.15) is 0 Å². The van der Waals surface area contributed by atoms with Gasteiger partial charge in [-0.1, -0.05) is 36.0 Å². The van der Waals surface area contributed by atoms with Crippen molar-refractivity contribution < 1.29 is 4.79 Å². The largest absolute Gasteiger partial charge is 0.325 e. The number of rotatable bonds is 4. The second-order valence-electron chi connectivity index (χ2n) is 5.76. The molecule has 1 aromatic heterocycles. The van der Waals surface area contributed by atoms with Gasteiger partial charge < -0.3 is 5.32 Å². The van der Waals surface area contributed by atoms with Crippen molar-refractivity contribution in [3.8, 4) is 0 Å². The van der Waals surface area contributed by atoms with Gasteiger partial charge in [0.05, 0.1) is 22.5 Å². The molecule has 0 aliphatic rings. The van der Waals surface area contributed by atoms with Crippen LogP contribution in [0.25, 0.3) is 11.0 Å². The van der Waals surface area contributed by atoms with E-state index in [4.69, 9.17) is 0 Å². The first-order valence-corrected chi connectivity index (χ1v) is 8.67. The van der Waals surface area contributed by atoms with Gasteiger partial charge in [0.15, 0.2) is 0 Å². The lowest BCUT2D eigenvalue weighted by Crippen LogP contribution is -2.23. The van der Waals surface area contributed by atoms with Crippen molar-refractivity contribution in [3.63, 3.8) is 0 Å². The maximum atomic E-state index is 12.5. The Balaban J connectivity index is 1.72. The zero-order chi connectivity index (χ0) is 17.1. The standard InChI is InChI=1S/C19H19N3OS/c1-12-8-9-13(2)17(10-12)22-19(23)14(3)24-18-11-20-15-6-4-5-7-16(15)21-18/h4-11,14H,1-3H3,(H,22,23)/t14-/m1/s1. The Kier molecular flexibility index (Phi) is 4.81. The molecular weight excluding hydrogens is 318 g/mol. The number of hydrogen-bond acceptors (Lipinski definition) is 4. The summed E-state index contributed by atoms with van der Waals surface area (Å²) in [6, 6.07) is 13.7. The van der Waals surface area contributed by atoms with Crippen LogP contribution in [0.4, 0.5) is 5.69 Å². The molecule has 0 unspecified atom stereocenters. The molecule has 122 valence electrons. The normalized spacial score (nSPS) is 12.1. The molecule has 0 radical (unpaired) electrons. The predicted molar refractivity (Wildman–Crippen MR) is 99.4 cm³/mol. The SMILES string of the molecule is Cc1ccc(C)c(NC(=O)[C@@H](C)Sc2cnc3ccccc3n2)c1. The highest BCUT2D eigenvalue weighted by atomic mass is 32.2. The summed E-state index contributed by atoms with van der Waals surface area (Å²) in [5.41, 5.74) is 4.73. The Hall–Kier alpha value is -2.40. The van der Waals surface area contributed by atoms with Crippen LogP contribution in [-0.2, 0) is 4.79 Å². The molecule has 4 nitrogen and oxygen atoms in total. The Morgan fingerprint density at radius 1 is 1.12 bits per heavy atom. The third kappa shape index (κ3) is 3.74. The minimum absolute atomic E-state index is 0.0383. The van der Waals surface area contributed by atoms with Gasteiger partial charge in [0, 0.05) is 5.69 Å². The molecule has 0 spiro atoms. The second kappa shape index (κ2) is 7.01. The average Bonchev–Trinajstić information content (AvgIpc) is 2.58. The molecule has 1 heterocycles. The van der Waals surface area contributed by atoms with Crippen molar-refractivity contribution in [2.45, 2.75) is 31.0 Å². The molecule has 0 saturated carbocycles. The van der Waals surface area contributed by atoms with E-state index in [1.165, 1.54) is 11.8 Å². The van der Waals surface area contributed by atoms with Crippen LogP contribution in [0.1, 0.15) is 18.1 Å². The van der Waals surface area contributed by atoms with Crippen LogP contribution in [0.3, 0.4) is 0 Å². The highest BCUT2D eigenvalue weighted by Crippen LogP contribution is 2.24. The van der Waals surface area contributed by atoms with Crippen molar-refractivity contribution in [1.29, 1.82) is 0 Å². The Labute approximate surface area is 145 Å². The molecule has 0 saturated heterocycles. The molecule has 24 heavy (non-hydrogen) atoms. The van der Waals surface area contributed by atoms with Crippen molar-refractivity contribution in [2.24, 2.45) is 0 Å². The molecule has 1 amide bonds. The lowest BCUT2D eigenvalue weighted by molar-refractivity contribution is -0.115. The number of aryl methyl sites for hydroxylation is 2. The van der Waals surface area contributed by atoms with E-state index in [-0.39, 0.29) is 11.2 Å². The summed E-state index contributed by atoms with van der Waals surface area (Å²) in [6.45, 7) is 5.88. The smallest absolute Gasteiger partial charge is 0.237 e. The fourth-order valence-corrected chi connectivity index (χ4v) is 3.13. The van der Waals surface area contributed by atoms with Crippen molar-refractivity contribution in [3.05, 3.63) is 59.8 Å². The summed E-state index contributed by atoms with van der Waals surface area (Å²) >= 11 is 1.41. The predicted octanol–water partition coefficient (Wildman–Crippen LogP) is 4.37. The van der Waals surface area contributed by atoms with E-state index in [0.717, 1.165) is 32.9 Å². The summed E-state index contributed by atoms with van der Waals surface area (Å²) in [6.07, 6.45) is 1.72. The van der Waals surface area contributed by atoms with Gasteiger partial charge in [-0.25, -0.2) is 4.98 Å². The van der Waals surface area contributed by atoms with Crippen molar-refractivity contribution in [2.75, 3.05) is 5.32 Å². The van der Waals surface area contributed by atoms with E-state index in [1.807, 2.05) is 63.2 Å². The van der Waals surface area contributed by atoms with Gasteiger partial charge >= 0.3 is 0 Å². The number of nitrogens with one attached hydrogen (secondary N) is 1. The molecule has 0 fully saturated rings. The minimum Gasteiger partial charge on any atom is -0.325 e. The van der Waals surface area contributed by atoms with Crippen LogP contribution < -0.4 is 5.32 Å². The van der Waals surface area contributed by atoms with Crippen LogP contribution in [0, 0.1) is 13.8 Å². The molecule has 1 atom stereocenters. The highest BCUT2D eigenvalue weighted by Gasteiger charge is 2.16. The van der Waals surface area contributed by atoms with Crippen LogP contribution in [-0.4, -0.2) is 21.1 Å². The van der Waals surface area contributed by atoms with Gasteiger partial charge in [0.1, 0.15) is 5.03 Å². The molecule has 2 aromatic carbocycles. The third-order valence-electron chi connectivity index (χ3n) is 3.74. The molecule has 0 bridgehead atoms. The number of thioether (sulfide) groups is 1. The molecule has 0 aliphatic heterocycles. The van der Waals surface area contributed by atoms with Gasteiger partial charge in [-0.3, -0.25) is 9.78 Å². The molecule has 0 aliphatic carbocycles. The zero-order valence-corrected chi connectivity index (χ0v) is 14.7. The number of benzene rings is 2. The summed E-state index contributed by atoms with van der Waals surface area (Å²) < 4.78 is 0. The van der Waals surface area contributed by atoms with Gasteiger partial charge in [-0.05, 0) is 50.1 Å². The topological polar surface area (TPSA) is 54.9 Å². The maximum absolute atomic E-state index is 12.5. The first-order valence-electron chi connectivity index (χ1n) is 7.79. The summed E-state index contributed by atoms with van der Waals surface area (Å²) in [4.78, 5) is 21.4. The number of anilines is 1. The van der Waals surface area contributed by atoms with Gasteiger partial charge in [-0.15, -0.1) is 0 Å². The quantitative estimate of drug-likeness (QED) is 0.719. The van der Waals surface area contributed by atoms with Crippen LogP contribution >= 0.6 is 11.8 Å². The summed E-state index contributed by atoms with van der Waals surface area (Å²) in [7, 11) is 0. The molecule has 3 aromatic rings. The first-order chi connectivity index (χ1) is 11.5. The molecule has 3 rings (SSSR count). The number of fused-ring (bicyclic) bond motifs is 1. The van der Waals surface area contributed by atoms with E-state index in [1.54, 1.807) is 6.20 Å². The number of carbonyl (C=O) groups excluding carboxylic acids is 1. The van der Waals surface area contributed by atoms with Crippen molar-refractivity contribution in [1.82, 2.24) is 9.97 Å². The fourth-order valence-electron chi connectivity index (χ4n) is 2.34. The first kappa shape index (κ1) is 16.5. The number of amides is 1. The molecule has 1 N–H and O–H groups in total. The lowest BCUT2D eigenvalue weighted by atomic mass is 10.1. The monoisotopic (exact) mass is 337 g/mol. The zero-order valence-electron chi connectivity index (χ0n) is 13.9. The molecular formula is C19H19N3OS. The minimum atomic E-state index is -0.264. The fraction of sp³-hybridized carbons (Fsp3) is 0.211. The van der Waals surface area contributed by atoms with Crippen molar-refractivity contribution >= 4 is 34.4 Å². The Morgan fingerprint density at radius 3 is 2.67 bits per heavy atom. The van der Waals surface area contributed by atoms with Gasteiger partial charge in [0.25, 0.3) is 0 Å². The van der Waals surface area contributed by atoms with E-state index in [2.05, 4.69) is 15.3 Å². The number of hydrogen-bond donors (Lipinski definition) is 1. The maximum Gasteiger partial charge on any atom is 0.237 e. The number of aromatic nitrogens is 2. The Morgan fingerprint density at radius 2 is 1.88 bits per heavy atom. The number of carbonyl (C=O) groups is 1. The van der Waals surface area contributed by atoms with Gasteiger partial charge in [0.2, 0.25) is 5.91 Å². The second-order valence-corrected chi connectivity index (χ2v) is 7.13. The molecule has 5 heteroatoms. The number of nitrogens with zero attached hydrogens (tertiary/aromatic N) is 2. The Bertz CT molecular complexity index is 895. The van der Waals surface area contributed by atoms with Crippen LogP contribution in [0.5, 0.6) is 0 Å². The van der Waals surface area contributed by atoms with E-state index < -0.39 is 0 Å². The van der Waals surface area contributed by atoms with E-state index in [0.29, 0.717) is 0 Å². The van der Waals surface area contributed by atoms with E-state index >= 15 is 0 Å². The highest BCUT2D eigenvalue weighted by molar-refractivity contribution is 8.00.